The lowest BCUT2D eigenvalue weighted by molar-refractivity contribution is 0.329. The second kappa shape index (κ2) is 1.93. The zero-order chi connectivity index (χ0) is 9.65. The van der Waals surface area contributed by atoms with Crippen LogP contribution in [0.2, 0.25) is 0 Å². The Morgan fingerprint density at radius 1 is 1.08 bits per heavy atom. The molecule has 0 aliphatic heterocycles. The lowest BCUT2D eigenvalue weighted by Gasteiger charge is -2.16. The first-order chi connectivity index (χ1) is 5.84. The van der Waals surface area contributed by atoms with Gasteiger partial charge in [-0.15, -0.1) is 23.2 Å². The molecule has 0 saturated heterocycles. The van der Waals surface area contributed by atoms with Crippen molar-refractivity contribution in [1.29, 1.82) is 0 Å². The predicted octanol–water partition coefficient (Wildman–Crippen LogP) is 3.86. The lowest BCUT2D eigenvalue weighted by atomic mass is 9.89. The number of hydrogen-bond donors (Lipinski definition) is 0. The van der Waals surface area contributed by atoms with E-state index in [0.29, 0.717) is 11.3 Å². The van der Waals surface area contributed by atoms with Crippen LogP contribution in [0.15, 0.2) is 0 Å². The maximum absolute atomic E-state index is 6.37. The average Bonchev–Trinajstić information content (AvgIpc) is 2.69. The fraction of sp³-hybridized carbons (Fsp3) is 1.00. The van der Waals surface area contributed by atoms with Crippen molar-refractivity contribution in [2.24, 2.45) is 28.6 Å². The predicted molar refractivity (Wildman–Crippen MR) is 56.0 cm³/mol. The van der Waals surface area contributed by atoms with Gasteiger partial charge in [-0.2, -0.15) is 0 Å². The van der Waals surface area contributed by atoms with E-state index in [2.05, 4.69) is 20.8 Å². The minimum absolute atomic E-state index is 0.239. The molecule has 74 valence electrons. The molecule has 0 heterocycles. The highest BCUT2D eigenvalue weighted by atomic mass is 35.5. The molecule has 4 atom stereocenters. The fourth-order valence-electron chi connectivity index (χ4n) is 4.36. The molecular formula is C11H16Cl2. The zero-order valence-corrected chi connectivity index (χ0v) is 9.91. The summed E-state index contributed by atoms with van der Waals surface area (Å²) in [6, 6.07) is 0. The van der Waals surface area contributed by atoms with Crippen LogP contribution in [0.3, 0.4) is 0 Å². The molecule has 0 bridgehead atoms. The molecule has 0 spiro atoms. The molecule has 3 fully saturated rings. The molecule has 2 heteroatoms. The van der Waals surface area contributed by atoms with Crippen LogP contribution < -0.4 is 0 Å². The van der Waals surface area contributed by atoms with Gasteiger partial charge in [0.05, 0.1) is 0 Å². The summed E-state index contributed by atoms with van der Waals surface area (Å²) in [5.74, 6) is 2.26. The molecule has 0 N–H and O–H groups in total. The van der Waals surface area contributed by atoms with E-state index < -0.39 is 4.33 Å². The molecular weight excluding hydrogens is 203 g/mol. The summed E-state index contributed by atoms with van der Waals surface area (Å²) in [7, 11) is 0. The van der Waals surface area contributed by atoms with Crippen molar-refractivity contribution in [3.05, 3.63) is 0 Å². The van der Waals surface area contributed by atoms with Crippen LogP contribution in [0.1, 0.15) is 33.6 Å². The molecule has 0 amide bonds. The minimum Gasteiger partial charge on any atom is -0.101 e. The quantitative estimate of drug-likeness (QED) is 0.542. The Bertz CT molecular complexity index is 282. The Labute approximate surface area is 90.0 Å². The van der Waals surface area contributed by atoms with Crippen molar-refractivity contribution >= 4 is 23.2 Å². The van der Waals surface area contributed by atoms with Gasteiger partial charge in [-0.3, -0.25) is 0 Å². The Hall–Kier alpha value is 0.580. The van der Waals surface area contributed by atoms with Crippen LogP contribution >= 0.6 is 23.2 Å². The van der Waals surface area contributed by atoms with Crippen LogP contribution in [-0.4, -0.2) is 4.33 Å². The van der Waals surface area contributed by atoms with Crippen molar-refractivity contribution in [1.82, 2.24) is 0 Å². The van der Waals surface area contributed by atoms with E-state index in [0.717, 1.165) is 11.8 Å². The molecule has 3 saturated carbocycles. The van der Waals surface area contributed by atoms with Crippen molar-refractivity contribution in [2.75, 3.05) is 0 Å². The summed E-state index contributed by atoms with van der Waals surface area (Å²) in [6.07, 6.45) is 2.59. The lowest BCUT2D eigenvalue weighted by Crippen LogP contribution is -2.12. The van der Waals surface area contributed by atoms with Gasteiger partial charge < -0.3 is 0 Å². The summed E-state index contributed by atoms with van der Waals surface area (Å²) < 4.78 is -0.403. The van der Waals surface area contributed by atoms with E-state index in [9.17, 15) is 0 Å². The highest BCUT2D eigenvalue weighted by Gasteiger charge is 2.85. The summed E-state index contributed by atoms with van der Waals surface area (Å²) in [5.41, 5.74) is 0.748. The normalized spacial score (nSPS) is 59.3. The van der Waals surface area contributed by atoms with E-state index in [4.69, 9.17) is 23.2 Å². The zero-order valence-electron chi connectivity index (χ0n) is 8.40. The van der Waals surface area contributed by atoms with Gasteiger partial charge in [-0.05, 0) is 30.1 Å². The number of fused-ring (bicyclic) bond motifs is 3. The number of halogens is 2. The molecule has 3 aliphatic rings. The standard InChI is InChI=1S/C11H16Cl2/c1-9(2)6-4-5-7-10(3,8(6)9)11(7,12)13/h6-8H,4-5H2,1-3H3/t6?,7?,8?,10-/m0/s1. The number of hydrogen-bond acceptors (Lipinski definition) is 0. The van der Waals surface area contributed by atoms with E-state index in [1.54, 1.807) is 0 Å². The van der Waals surface area contributed by atoms with E-state index >= 15 is 0 Å². The summed E-state index contributed by atoms with van der Waals surface area (Å²) in [5, 5.41) is 0. The van der Waals surface area contributed by atoms with Crippen LogP contribution in [0.25, 0.3) is 0 Å². The van der Waals surface area contributed by atoms with Crippen molar-refractivity contribution in [2.45, 2.75) is 37.9 Å². The third kappa shape index (κ3) is 0.709. The molecule has 3 aliphatic carbocycles. The Morgan fingerprint density at radius 3 is 2.23 bits per heavy atom. The molecule has 0 aromatic heterocycles. The summed E-state index contributed by atoms with van der Waals surface area (Å²) >= 11 is 12.7. The first-order valence-corrected chi connectivity index (χ1v) is 5.98. The molecule has 3 unspecified atom stereocenters. The summed E-state index contributed by atoms with van der Waals surface area (Å²) in [6.45, 7) is 7.04. The van der Waals surface area contributed by atoms with Gasteiger partial charge in [0, 0.05) is 11.3 Å². The van der Waals surface area contributed by atoms with Gasteiger partial charge in [0.2, 0.25) is 0 Å². The maximum atomic E-state index is 6.37. The molecule has 0 aromatic rings. The van der Waals surface area contributed by atoms with E-state index in [1.165, 1.54) is 12.8 Å². The monoisotopic (exact) mass is 218 g/mol. The third-order valence-electron chi connectivity index (χ3n) is 5.26. The molecule has 13 heavy (non-hydrogen) atoms. The SMILES string of the molecule is CC1(C)C2CCC3C(Cl)(Cl)[C@]3(C)C21. The largest absolute Gasteiger partial charge is 0.127 e. The Balaban J connectivity index is 1.99. The van der Waals surface area contributed by atoms with E-state index in [-0.39, 0.29) is 5.41 Å². The van der Waals surface area contributed by atoms with Gasteiger partial charge in [-0.25, -0.2) is 0 Å². The molecule has 0 nitrogen and oxygen atoms in total. The molecule has 0 radical (unpaired) electrons. The third-order valence-corrected chi connectivity index (χ3v) is 6.60. The highest BCUT2D eigenvalue weighted by Crippen LogP contribution is 2.87. The van der Waals surface area contributed by atoms with Gasteiger partial charge >= 0.3 is 0 Å². The van der Waals surface area contributed by atoms with Gasteiger partial charge in [0.1, 0.15) is 4.33 Å². The number of rotatable bonds is 0. The number of alkyl halides is 2. The van der Waals surface area contributed by atoms with Gasteiger partial charge in [-0.1, -0.05) is 20.8 Å². The van der Waals surface area contributed by atoms with Crippen LogP contribution in [0.5, 0.6) is 0 Å². The summed E-state index contributed by atoms with van der Waals surface area (Å²) in [4.78, 5) is 0. The van der Waals surface area contributed by atoms with Crippen LogP contribution in [0.4, 0.5) is 0 Å². The highest BCUT2D eigenvalue weighted by molar-refractivity contribution is 6.52. The van der Waals surface area contributed by atoms with E-state index in [1.807, 2.05) is 0 Å². The van der Waals surface area contributed by atoms with Gasteiger partial charge in [0.25, 0.3) is 0 Å². The fourth-order valence-corrected chi connectivity index (χ4v) is 5.42. The average molecular weight is 219 g/mol. The van der Waals surface area contributed by atoms with Gasteiger partial charge in [0.15, 0.2) is 0 Å². The first-order valence-electron chi connectivity index (χ1n) is 5.22. The topological polar surface area (TPSA) is 0 Å². The van der Waals surface area contributed by atoms with Crippen molar-refractivity contribution in [3.8, 4) is 0 Å². The Kier molecular flexibility index (Phi) is 1.31. The van der Waals surface area contributed by atoms with Crippen LogP contribution in [-0.2, 0) is 0 Å². The molecule has 3 rings (SSSR count). The van der Waals surface area contributed by atoms with Crippen molar-refractivity contribution in [3.63, 3.8) is 0 Å². The maximum Gasteiger partial charge on any atom is 0.127 e. The van der Waals surface area contributed by atoms with Crippen LogP contribution in [0, 0.1) is 28.6 Å². The Morgan fingerprint density at radius 2 is 1.69 bits per heavy atom. The second-order valence-corrected chi connectivity index (χ2v) is 7.33. The second-order valence-electron chi connectivity index (χ2n) is 5.94. The molecule has 0 aromatic carbocycles. The minimum atomic E-state index is -0.403. The first kappa shape index (κ1) is 8.85. The van der Waals surface area contributed by atoms with Crippen molar-refractivity contribution < 1.29 is 0 Å². The smallest absolute Gasteiger partial charge is 0.101 e.